The summed E-state index contributed by atoms with van der Waals surface area (Å²) in [7, 11) is -1.37. The molecule has 0 bridgehead atoms. The number of anilines is 1. The quantitative estimate of drug-likeness (QED) is 0.236. The number of alkyl halides is 3. The fourth-order valence-corrected chi connectivity index (χ4v) is 2.79. The van der Waals surface area contributed by atoms with Crippen LogP contribution in [0.1, 0.15) is 12.5 Å². The van der Waals surface area contributed by atoms with E-state index in [1.165, 1.54) is 6.92 Å². The molecule has 1 atom stereocenters. The highest BCUT2D eigenvalue weighted by molar-refractivity contribution is 6.76. The summed E-state index contributed by atoms with van der Waals surface area (Å²) in [6, 6.07) is 0.0853. The Balaban J connectivity index is 2.90. The van der Waals surface area contributed by atoms with Crippen LogP contribution in [-0.4, -0.2) is 54.4 Å². The molecule has 1 aromatic heterocycles. The minimum Gasteiger partial charge on any atom is -0.477 e. The Bertz CT molecular complexity index is 777. The van der Waals surface area contributed by atoms with E-state index in [0.717, 1.165) is 12.2 Å². The molecule has 29 heavy (non-hydrogen) atoms. The topological polar surface area (TPSA) is 115 Å². The summed E-state index contributed by atoms with van der Waals surface area (Å²) in [5.41, 5.74) is -3.24. The number of rotatable bonds is 11. The van der Waals surface area contributed by atoms with Gasteiger partial charge in [-0.25, -0.2) is 9.48 Å². The summed E-state index contributed by atoms with van der Waals surface area (Å²) in [6.07, 6.45) is -3.52. The summed E-state index contributed by atoms with van der Waals surface area (Å²) in [4.78, 5) is 27.2. The van der Waals surface area contributed by atoms with Gasteiger partial charge in [0.2, 0.25) is 0 Å². The fraction of sp³-hybridized carbons (Fsp3) is 0.625. The molecule has 0 saturated carbocycles. The Kier molecular flexibility index (Phi) is 8.82. The van der Waals surface area contributed by atoms with Crippen molar-refractivity contribution in [3.63, 3.8) is 0 Å². The smallest absolute Gasteiger partial charge is 0.423 e. The number of carbonyl (C=O) groups is 1. The first-order valence-electron chi connectivity index (χ1n) is 8.71. The molecule has 0 unspecified atom stereocenters. The monoisotopic (exact) mass is 438 g/mol. The number of oxime groups is 1. The van der Waals surface area contributed by atoms with Crippen LogP contribution in [0.25, 0.3) is 0 Å². The van der Waals surface area contributed by atoms with Crippen molar-refractivity contribution in [3.8, 4) is 0 Å². The number of hydrogen-bond acceptors (Lipinski definition) is 7. The lowest BCUT2D eigenvalue weighted by Crippen LogP contribution is -2.34. The molecule has 0 spiro atoms. The summed E-state index contributed by atoms with van der Waals surface area (Å²) in [5.74, 6) is -1.33. The predicted octanol–water partition coefficient (Wildman–Crippen LogP) is 2.46. The highest BCUT2D eigenvalue weighted by atomic mass is 28.3. The van der Waals surface area contributed by atoms with Gasteiger partial charge < -0.3 is 20.0 Å². The zero-order chi connectivity index (χ0) is 22.2. The summed E-state index contributed by atoms with van der Waals surface area (Å²) >= 11 is 0. The minimum atomic E-state index is -4.91. The van der Waals surface area contributed by atoms with Crippen molar-refractivity contribution in [3.05, 3.63) is 22.1 Å². The van der Waals surface area contributed by atoms with E-state index in [1.54, 1.807) is 0 Å². The lowest BCUT2D eigenvalue weighted by molar-refractivity contribution is -0.138. The third-order valence-corrected chi connectivity index (χ3v) is 5.21. The number of halogens is 3. The maximum Gasteiger partial charge on any atom is 0.423 e. The molecular weight excluding hydrogens is 413 g/mol. The lowest BCUT2D eigenvalue weighted by atomic mass is 10.2. The maximum atomic E-state index is 13.4. The zero-order valence-electron chi connectivity index (χ0n) is 16.6. The lowest BCUT2D eigenvalue weighted by Gasteiger charge is -2.19. The molecule has 0 aromatic carbocycles. The molecular formula is C16H25F3N4O5Si. The number of nitrogens with one attached hydrogen (secondary N) is 1. The normalized spacial score (nSPS) is 13.5. The molecule has 0 radical (unpaired) electrons. The number of hydrogen-bond donors (Lipinski definition) is 2. The Morgan fingerprint density at radius 3 is 2.66 bits per heavy atom. The van der Waals surface area contributed by atoms with Gasteiger partial charge in [-0.2, -0.15) is 18.3 Å². The average molecular weight is 438 g/mol. The van der Waals surface area contributed by atoms with E-state index in [2.05, 4.69) is 40.0 Å². The third kappa shape index (κ3) is 9.08. The van der Waals surface area contributed by atoms with Crippen molar-refractivity contribution < 1.29 is 32.6 Å². The highest BCUT2D eigenvalue weighted by Crippen LogP contribution is 2.31. The Morgan fingerprint density at radius 2 is 2.10 bits per heavy atom. The van der Waals surface area contributed by atoms with Gasteiger partial charge in [-0.1, -0.05) is 24.8 Å². The van der Waals surface area contributed by atoms with E-state index in [1.807, 2.05) is 0 Å². The van der Waals surface area contributed by atoms with Crippen LogP contribution in [0.15, 0.2) is 16.1 Å². The summed E-state index contributed by atoms with van der Waals surface area (Å²) in [5, 5.41) is 17.7. The number of aromatic nitrogens is 2. The van der Waals surface area contributed by atoms with Crippen molar-refractivity contribution in [1.82, 2.24) is 9.78 Å². The number of aliphatic carboxylic acids is 1. The molecule has 2 N–H and O–H groups in total. The van der Waals surface area contributed by atoms with Crippen molar-refractivity contribution in [1.29, 1.82) is 0 Å². The van der Waals surface area contributed by atoms with Gasteiger partial charge >= 0.3 is 12.1 Å². The molecule has 0 aliphatic carbocycles. The minimum absolute atomic E-state index is 0.232. The Hall–Kier alpha value is -2.41. The molecule has 164 valence electrons. The van der Waals surface area contributed by atoms with Gasteiger partial charge in [0.1, 0.15) is 18.9 Å². The zero-order valence-corrected chi connectivity index (χ0v) is 17.6. The molecule has 1 rings (SSSR count). The number of nitrogens with zero attached hydrogens (tertiary/aromatic N) is 3. The molecule has 1 aromatic rings. The van der Waals surface area contributed by atoms with Crippen molar-refractivity contribution in [2.45, 2.75) is 51.6 Å². The van der Waals surface area contributed by atoms with Crippen LogP contribution in [0.5, 0.6) is 0 Å². The summed E-state index contributed by atoms with van der Waals surface area (Å²) < 4.78 is 46.3. The number of carboxylic acid groups (broad SMARTS) is 1. The van der Waals surface area contributed by atoms with Crippen LogP contribution < -0.4 is 10.9 Å². The van der Waals surface area contributed by atoms with Gasteiger partial charge in [-0.3, -0.25) is 4.79 Å². The predicted molar refractivity (Wildman–Crippen MR) is 103 cm³/mol. The van der Waals surface area contributed by atoms with Crippen LogP contribution in [-0.2, 0) is 27.3 Å². The van der Waals surface area contributed by atoms with E-state index in [0.29, 0.717) is 17.5 Å². The standard InChI is InChI=1S/C16H25F3N4O5Si/c1-11(9-28-21-8-13(24)25)22-12-7-20-23(10-27-5-6-29(2,3)4)15(26)14(12)16(17,18)19/h7-8,11,22H,5-6,9-10H2,1-4H3,(H,24,25)/b21-8+/t11-/m0/s1. The molecule has 13 heteroatoms. The second kappa shape index (κ2) is 10.4. The molecule has 0 aliphatic rings. The van der Waals surface area contributed by atoms with E-state index >= 15 is 0 Å². The van der Waals surface area contributed by atoms with Gasteiger partial charge in [0.25, 0.3) is 5.56 Å². The number of ether oxygens (including phenoxy) is 1. The molecule has 0 saturated heterocycles. The molecule has 0 aliphatic heterocycles. The average Bonchev–Trinajstić information content (AvgIpc) is 2.55. The van der Waals surface area contributed by atoms with Crippen LogP contribution in [0.2, 0.25) is 25.7 Å². The van der Waals surface area contributed by atoms with E-state index in [9.17, 15) is 22.8 Å². The van der Waals surface area contributed by atoms with E-state index in [-0.39, 0.29) is 13.3 Å². The molecule has 1 heterocycles. The Labute approximate surface area is 166 Å². The first-order valence-corrected chi connectivity index (χ1v) is 12.4. The van der Waals surface area contributed by atoms with Crippen LogP contribution in [0.4, 0.5) is 18.9 Å². The third-order valence-electron chi connectivity index (χ3n) is 3.50. The van der Waals surface area contributed by atoms with Crippen molar-refractivity contribution >= 4 is 25.9 Å². The SMILES string of the molecule is C[C@@H](CO/N=C/C(=O)O)Nc1cnn(COCC[Si](C)(C)C)c(=O)c1C(F)(F)F. The van der Waals surface area contributed by atoms with E-state index in [4.69, 9.17) is 9.84 Å². The fourth-order valence-electron chi connectivity index (χ4n) is 2.04. The van der Waals surface area contributed by atoms with Crippen molar-refractivity contribution in [2.24, 2.45) is 5.16 Å². The maximum absolute atomic E-state index is 13.4. The van der Waals surface area contributed by atoms with E-state index < -0.39 is 43.1 Å². The second-order valence-electron chi connectivity index (χ2n) is 7.50. The van der Waals surface area contributed by atoms with Gasteiger partial charge in [0, 0.05) is 14.7 Å². The largest absolute Gasteiger partial charge is 0.477 e. The number of carboxylic acids is 1. The molecule has 0 fully saturated rings. The van der Waals surface area contributed by atoms with Crippen molar-refractivity contribution in [2.75, 3.05) is 18.5 Å². The van der Waals surface area contributed by atoms with Crippen LogP contribution >= 0.6 is 0 Å². The van der Waals surface area contributed by atoms with Crippen LogP contribution in [0.3, 0.4) is 0 Å². The Morgan fingerprint density at radius 1 is 1.45 bits per heavy atom. The molecule has 0 amide bonds. The van der Waals surface area contributed by atoms with Gasteiger partial charge in [-0.15, -0.1) is 0 Å². The summed E-state index contributed by atoms with van der Waals surface area (Å²) in [6.45, 7) is 7.57. The first kappa shape index (κ1) is 24.6. The van der Waals surface area contributed by atoms with Crippen LogP contribution in [0, 0.1) is 0 Å². The van der Waals surface area contributed by atoms with Gasteiger partial charge in [0.15, 0.2) is 6.21 Å². The van der Waals surface area contributed by atoms with Gasteiger partial charge in [0.05, 0.1) is 17.9 Å². The van der Waals surface area contributed by atoms with Gasteiger partial charge in [-0.05, 0) is 13.0 Å². The first-order chi connectivity index (χ1) is 13.3. The molecule has 9 nitrogen and oxygen atoms in total. The second-order valence-corrected chi connectivity index (χ2v) is 13.1. The highest BCUT2D eigenvalue weighted by Gasteiger charge is 2.38.